The van der Waals surface area contributed by atoms with Crippen molar-refractivity contribution in [1.82, 2.24) is 10.2 Å². The summed E-state index contributed by atoms with van der Waals surface area (Å²) in [7, 11) is 0. The highest BCUT2D eigenvalue weighted by Gasteiger charge is 2.41. The van der Waals surface area contributed by atoms with Crippen LogP contribution in [0.1, 0.15) is 24.2 Å². The number of rotatable bonds is 3. The first-order valence-corrected chi connectivity index (χ1v) is 8.23. The summed E-state index contributed by atoms with van der Waals surface area (Å²) in [5.41, 5.74) is 0.524. The lowest BCUT2D eigenvalue weighted by atomic mass is 10.2. The summed E-state index contributed by atoms with van der Waals surface area (Å²) in [5.74, 6) is -0.274. The molecule has 1 N–H and O–H groups in total. The molecule has 1 aromatic carbocycles. The molecule has 0 radical (unpaired) electrons. The Bertz CT molecular complexity index is 497. The quantitative estimate of drug-likeness (QED) is 0.836. The van der Waals surface area contributed by atoms with Crippen molar-refractivity contribution in [1.29, 1.82) is 0 Å². The van der Waals surface area contributed by atoms with Gasteiger partial charge in [-0.2, -0.15) is 0 Å². The first kappa shape index (κ1) is 17.8. The zero-order valence-corrected chi connectivity index (χ0v) is 14.7. The minimum atomic E-state index is -1.64. The van der Waals surface area contributed by atoms with E-state index in [1.165, 1.54) is 0 Å². The van der Waals surface area contributed by atoms with Gasteiger partial charge < -0.3 is 10.1 Å². The largest absolute Gasteiger partial charge is 0.373 e. The second-order valence-corrected chi connectivity index (χ2v) is 7.86. The van der Waals surface area contributed by atoms with Crippen molar-refractivity contribution in [3.8, 4) is 0 Å². The van der Waals surface area contributed by atoms with Gasteiger partial charge >= 0.3 is 0 Å². The van der Waals surface area contributed by atoms with Crippen molar-refractivity contribution in [2.75, 3.05) is 13.1 Å². The highest BCUT2D eigenvalue weighted by molar-refractivity contribution is 6.68. The molecular weight excluding hydrogens is 347 g/mol. The van der Waals surface area contributed by atoms with Gasteiger partial charge in [-0.05, 0) is 26.0 Å². The number of ether oxygens (including phenoxy) is 1. The highest BCUT2D eigenvalue weighted by Crippen LogP contribution is 2.33. The smallest absolute Gasteiger partial charge is 0.252 e. The lowest BCUT2D eigenvalue weighted by Crippen LogP contribution is -2.60. The molecule has 1 fully saturated rings. The summed E-state index contributed by atoms with van der Waals surface area (Å²) in [6, 6.07) is 8.86. The lowest BCUT2D eigenvalue weighted by molar-refractivity contribution is -0.0826. The average molecular weight is 366 g/mol. The Morgan fingerprint density at radius 3 is 2.27 bits per heavy atom. The van der Waals surface area contributed by atoms with Crippen molar-refractivity contribution in [2.45, 2.75) is 36.0 Å². The maximum absolute atomic E-state index is 12.4. The van der Waals surface area contributed by atoms with Crippen LogP contribution in [0.4, 0.5) is 0 Å². The van der Waals surface area contributed by atoms with Gasteiger partial charge in [0.1, 0.15) is 6.17 Å². The summed E-state index contributed by atoms with van der Waals surface area (Å²) in [6.07, 6.45) is -0.710. The van der Waals surface area contributed by atoms with Crippen molar-refractivity contribution in [3.05, 3.63) is 35.9 Å². The van der Waals surface area contributed by atoms with E-state index in [1.807, 2.05) is 24.8 Å². The molecule has 0 spiro atoms. The predicted molar refractivity (Wildman–Crippen MR) is 89.6 cm³/mol. The highest BCUT2D eigenvalue weighted by atomic mass is 35.6. The average Bonchev–Trinajstić information content (AvgIpc) is 2.43. The minimum absolute atomic E-state index is 0.00669. The van der Waals surface area contributed by atoms with Gasteiger partial charge in [0.2, 0.25) is 3.79 Å². The molecule has 1 heterocycles. The monoisotopic (exact) mass is 364 g/mol. The molecule has 0 aliphatic carbocycles. The Labute approximate surface area is 145 Å². The van der Waals surface area contributed by atoms with E-state index in [4.69, 9.17) is 39.5 Å². The second-order valence-electron chi connectivity index (χ2n) is 5.49. The van der Waals surface area contributed by atoms with Crippen molar-refractivity contribution in [3.63, 3.8) is 0 Å². The van der Waals surface area contributed by atoms with Gasteiger partial charge in [0.15, 0.2) is 0 Å². The molecule has 122 valence electrons. The Morgan fingerprint density at radius 1 is 1.23 bits per heavy atom. The van der Waals surface area contributed by atoms with E-state index in [1.54, 1.807) is 24.3 Å². The van der Waals surface area contributed by atoms with Crippen LogP contribution in [0.2, 0.25) is 0 Å². The molecule has 7 heteroatoms. The predicted octanol–water partition coefficient (Wildman–Crippen LogP) is 3.22. The summed E-state index contributed by atoms with van der Waals surface area (Å²) in [5, 5.41) is 2.82. The molecule has 1 aliphatic rings. The summed E-state index contributed by atoms with van der Waals surface area (Å²) >= 11 is 18.3. The number of hydrogen-bond acceptors (Lipinski definition) is 3. The summed E-state index contributed by atoms with van der Waals surface area (Å²) < 4.78 is 4.05. The number of hydrogen-bond donors (Lipinski definition) is 1. The van der Waals surface area contributed by atoms with Crippen LogP contribution in [0, 0.1) is 0 Å². The van der Waals surface area contributed by atoms with Gasteiger partial charge in [0, 0.05) is 18.7 Å². The van der Waals surface area contributed by atoms with Crippen LogP contribution in [-0.4, -0.2) is 46.1 Å². The first-order valence-electron chi connectivity index (χ1n) is 7.09. The number of morpholine rings is 1. The van der Waals surface area contributed by atoms with E-state index in [0.29, 0.717) is 18.7 Å². The zero-order chi connectivity index (χ0) is 16.3. The SMILES string of the molecule is C[C@H]1CN([C@H](NC(=O)c2ccccc2)C(Cl)(Cl)Cl)C[C@H](C)O1. The first-order chi connectivity index (χ1) is 10.3. The summed E-state index contributed by atoms with van der Waals surface area (Å²) in [4.78, 5) is 14.3. The molecule has 22 heavy (non-hydrogen) atoms. The molecular formula is C15H19Cl3N2O2. The molecule has 2 rings (SSSR count). The minimum Gasteiger partial charge on any atom is -0.373 e. The van der Waals surface area contributed by atoms with Gasteiger partial charge in [-0.1, -0.05) is 53.0 Å². The number of nitrogens with zero attached hydrogens (tertiary/aromatic N) is 1. The van der Waals surface area contributed by atoms with Gasteiger partial charge in [0.25, 0.3) is 5.91 Å². The summed E-state index contributed by atoms with van der Waals surface area (Å²) in [6.45, 7) is 5.07. The third-order valence-corrected chi connectivity index (χ3v) is 4.05. The molecule has 0 bridgehead atoms. The zero-order valence-electron chi connectivity index (χ0n) is 12.4. The van der Waals surface area contributed by atoms with Crippen LogP contribution in [-0.2, 0) is 4.74 Å². The number of alkyl halides is 3. The Hall–Kier alpha value is -0.520. The fourth-order valence-corrected chi connectivity index (χ4v) is 3.18. The molecule has 0 saturated carbocycles. The van der Waals surface area contributed by atoms with Gasteiger partial charge in [-0.3, -0.25) is 9.69 Å². The number of benzene rings is 1. The fourth-order valence-electron chi connectivity index (χ4n) is 2.61. The van der Waals surface area contributed by atoms with E-state index in [0.717, 1.165) is 0 Å². The van der Waals surface area contributed by atoms with E-state index < -0.39 is 9.96 Å². The normalized spacial score (nSPS) is 24.8. The molecule has 0 unspecified atom stereocenters. The van der Waals surface area contributed by atoms with Crippen molar-refractivity contribution in [2.24, 2.45) is 0 Å². The van der Waals surface area contributed by atoms with Crippen molar-refractivity contribution >= 4 is 40.7 Å². The maximum Gasteiger partial charge on any atom is 0.252 e. The third kappa shape index (κ3) is 4.74. The van der Waals surface area contributed by atoms with Crippen LogP contribution >= 0.6 is 34.8 Å². The number of carbonyl (C=O) groups is 1. The topological polar surface area (TPSA) is 41.6 Å². The third-order valence-electron chi connectivity index (χ3n) is 3.43. The van der Waals surface area contributed by atoms with E-state index >= 15 is 0 Å². The number of nitrogens with one attached hydrogen (secondary N) is 1. The van der Waals surface area contributed by atoms with Crippen LogP contribution in [0.3, 0.4) is 0 Å². The Kier molecular flexibility index (Phi) is 5.97. The second kappa shape index (κ2) is 7.37. The Balaban J connectivity index is 2.15. The van der Waals surface area contributed by atoms with Crippen molar-refractivity contribution < 1.29 is 9.53 Å². The Morgan fingerprint density at radius 2 is 1.77 bits per heavy atom. The molecule has 1 aromatic rings. The molecule has 1 saturated heterocycles. The van der Waals surface area contributed by atoms with Gasteiger partial charge in [-0.15, -0.1) is 0 Å². The maximum atomic E-state index is 12.4. The molecule has 3 atom stereocenters. The van der Waals surface area contributed by atoms with E-state index in [9.17, 15) is 4.79 Å². The van der Waals surface area contributed by atoms with Crippen LogP contribution in [0.5, 0.6) is 0 Å². The molecule has 0 aromatic heterocycles. The number of amides is 1. The standard InChI is InChI=1S/C15H19Cl3N2O2/c1-10-8-20(9-11(2)22-10)14(15(16,17)18)19-13(21)12-6-4-3-5-7-12/h3-7,10-11,14H,8-9H2,1-2H3,(H,19,21)/t10-,11-,14-/m0/s1. The number of halogens is 3. The fraction of sp³-hybridized carbons (Fsp3) is 0.533. The van der Waals surface area contributed by atoms with E-state index in [2.05, 4.69) is 5.32 Å². The molecule has 4 nitrogen and oxygen atoms in total. The van der Waals surface area contributed by atoms with Crippen LogP contribution in [0.25, 0.3) is 0 Å². The van der Waals surface area contributed by atoms with Crippen LogP contribution < -0.4 is 5.32 Å². The lowest BCUT2D eigenvalue weighted by Gasteiger charge is -2.42. The van der Waals surface area contributed by atoms with Gasteiger partial charge in [0.05, 0.1) is 12.2 Å². The van der Waals surface area contributed by atoms with E-state index in [-0.39, 0.29) is 18.1 Å². The molecule has 1 aliphatic heterocycles. The van der Waals surface area contributed by atoms with Gasteiger partial charge in [-0.25, -0.2) is 0 Å². The number of carbonyl (C=O) groups excluding carboxylic acids is 1. The van der Waals surface area contributed by atoms with Crippen LogP contribution in [0.15, 0.2) is 30.3 Å². The molecule has 1 amide bonds.